The van der Waals surface area contributed by atoms with Gasteiger partial charge in [-0.2, -0.15) is 5.26 Å². The first kappa shape index (κ1) is 24.2. The van der Waals surface area contributed by atoms with Crippen LogP contribution in [0.2, 0.25) is 0 Å². The van der Waals surface area contributed by atoms with Crippen LogP contribution in [0.3, 0.4) is 0 Å². The molecule has 0 radical (unpaired) electrons. The molecule has 1 atom stereocenters. The van der Waals surface area contributed by atoms with Crippen molar-refractivity contribution in [2.45, 2.75) is 45.4 Å². The Labute approximate surface area is 208 Å². The maximum absolute atomic E-state index is 13.3. The molecule has 0 aliphatic carbocycles. The Morgan fingerprint density at radius 2 is 1.57 bits per heavy atom. The van der Waals surface area contributed by atoms with Gasteiger partial charge in [0.1, 0.15) is 10.5 Å². The molecule has 3 aromatic rings. The Kier molecular flexibility index (Phi) is 6.51. The van der Waals surface area contributed by atoms with Crippen molar-refractivity contribution in [3.05, 3.63) is 95.9 Å². The number of hydrogen-bond donors (Lipinski definition) is 2. The number of carbonyl (C=O) groups is 1. The Hall–Kier alpha value is -3.89. The normalized spacial score (nSPS) is 16.1. The first-order valence-corrected chi connectivity index (χ1v) is 12.3. The van der Waals surface area contributed by atoms with Crippen molar-refractivity contribution in [2.24, 2.45) is 11.5 Å². The van der Waals surface area contributed by atoms with Gasteiger partial charge in [0, 0.05) is 0 Å². The number of primary amides is 1. The number of aromatic nitrogens is 1. The minimum absolute atomic E-state index is 0.0292. The third-order valence-electron chi connectivity index (χ3n) is 6.37. The van der Waals surface area contributed by atoms with E-state index in [1.165, 1.54) is 10.1 Å². The van der Waals surface area contributed by atoms with E-state index in [0.29, 0.717) is 21.0 Å². The van der Waals surface area contributed by atoms with Gasteiger partial charge in [0.15, 0.2) is 0 Å². The SMILES string of the molecule is CC(C)c1ccc(/C=c2\sc3n(c2=O)C(N)=C(C#N)C(c2ccc(C(C)C)cc2)C=3C(N)=O)cc1. The van der Waals surface area contributed by atoms with Gasteiger partial charge in [0.05, 0.1) is 27.7 Å². The summed E-state index contributed by atoms with van der Waals surface area (Å²) in [4.78, 5) is 26.1. The molecule has 1 aliphatic rings. The van der Waals surface area contributed by atoms with Gasteiger partial charge in [-0.25, -0.2) is 0 Å². The predicted molar refractivity (Wildman–Crippen MR) is 141 cm³/mol. The Balaban J connectivity index is 1.97. The van der Waals surface area contributed by atoms with E-state index in [1.54, 1.807) is 6.08 Å². The molecule has 1 unspecified atom stereocenters. The molecule has 0 bridgehead atoms. The average molecular weight is 485 g/mol. The van der Waals surface area contributed by atoms with Gasteiger partial charge in [-0.3, -0.25) is 14.2 Å². The summed E-state index contributed by atoms with van der Waals surface area (Å²) in [5, 5.41) is 9.99. The lowest BCUT2D eigenvalue weighted by atomic mass is 9.83. The van der Waals surface area contributed by atoms with Crippen molar-refractivity contribution in [3.63, 3.8) is 0 Å². The number of nitrogens with two attached hydrogens (primary N) is 2. The Bertz CT molecular complexity index is 1550. The molecular weight excluding hydrogens is 456 g/mol. The van der Waals surface area contributed by atoms with Crippen LogP contribution in [0, 0.1) is 11.3 Å². The number of rotatable bonds is 5. The number of thiazole rings is 1. The zero-order chi connectivity index (χ0) is 25.4. The highest BCUT2D eigenvalue weighted by Crippen LogP contribution is 2.36. The second-order valence-electron chi connectivity index (χ2n) is 9.32. The van der Waals surface area contributed by atoms with Crippen LogP contribution in [0.25, 0.3) is 17.5 Å². The van der Waals surface area contributed by atoms with Crippen molar-refractivity contribution in [1.82, 2.24) is 4.57 Å². The smallest absolute Gasteiger partial charge is 0.274 e. The second-order valence-corrected chi connectivity index (χ2v) is 10.4. The maximum atomic E-state index is 13.3. The van der Waals surface area contributed by atoms with Gasteiger partial charge in [-0.15, -0.1) is 11.3 Å². The van der Waals surface area contributed by atoms with Crippen LogP contribution in [0.15, 0.2) is 58.9 Å². The molecule has 1 aromatic heterocycles. The monoisotopic (exact) mass is 484 g/mol. The number of amides is 1. The molecule has 2 heterocycles. The molecule has 0 saturated heterocycles. The van der Waals surface area contributed by atoms with Crippen LogP contribution in [0.5, 0.6) is 0 Å². The summed E-state index contributed by atoms with van der Waals surface area (Å²) in [6, 6.07) is 17.8. The zero-order valence-corrected chi connectivity index (χ0v) is 21.0. The molecule has 0 fully saturated rings. The summed E-state index contributed by atoms with van der Waals surface area (Å²) < 4.78 is 2.02. The van der Waals surface area contributed by atoms with E-state index < -0.39 is 11.8 Å². The third kappa shape index (κ3) is 4.33. The van der Waals surface area contributed by atoms with Crippen molar-refractivity contribution >= 4 is 34.7 Å². The van der Waals surface area contributed by atoms with E-state index in [2.05, 4.69) is 33.8 Å². The lowest BCUT2D eigenvalue weighted by molar-refractivity contribution is -0.113. The topological polar surface area (TPSA) is 115 Å². The van der Waals surface area contributed by atoms with Gasteiger partial charge >= 0.3 is 0 Å². The number of nitriles is 1. The summed E-state index contributed by atoms with van der Waals surface area (Å²) in [7, 11) is 0. The van der Waals surface area contributed by atoms with E-state index in [-0.39, 0.29) is 22.5 Å². The van der Waals surface area contributed by atoms with Gasteiger partial charge < -0.3 is 11.5 Å². The van der Waals surface area contributed by atoms with Crippen molar-refractivity contribution in [3.8, 4) is 6.07 Å². The largest absolute Gasteiger partial charge is 0.384 e. The molecule has 2 aromatic carbocycles. The van der Waals surface area contributed by atoms with Gasteiger partial charge in [-0.1, -0.05) is 76.2 Å². The van der Waals surface area contributed by atoms with Crippen LogP contribution >= 0.6 is 11.3 Å². The zero-order valence-electron chi connectivity index (χ0n) is 20.2. The molecule has 35 heavy (non-hydrogen) atoms. The summed E-state index contributed by atoms with van der Waals surface area (Å²) >= 11 is 1.16. The van der Waals surface area contributed by atoms with Crippen LogP contribution in [0.4, 0.5) is 0 Å². The molecule has 178 valence electrons. The van der Waals surface area contributed by atoms with Gasteiger partial charge in [0.25, 0.3) is 5.56 Å². The molecular formula is C28H28N4O2S. The van der Waals surface area contributed by atoms with Crippen LogP contribution < -0.4 is 26.2 Å². The molecule has 4 N–H and O–H groups in total. The highest BCUT2D eigenvalue weighted by atomic mass is 32.1. The molecule has 4 rings (SSSR count). The van der Waals surface area contributed by atoms with E-state index in [0.717, 1.165) is 28.0 Å². The Morgan fingerprint density at radius 1 is 1.03 bits per heavy atom. The van der Waals surface area contributed by atoms with E-state index in [1.807, 2.05) is 48.5 Å². The second kappa shape index (κ2) is 9.40. The number of nitrogens with zero attached hydrogens (tertiary/aromatic N) is 2. The number of carbonyl (C=O) groups excluding carboxylic acids is 1. The summed E-state index contributed by atoms with van der Waals surface area (Å²) in [6.07, 6.45) is 1.77. The number of allylic oxidation sites excluding steroid dienone is 1. The number of benzene rings is 2. The molecule has 1 aliphatic heterocycles. The predicted octanol–water partition coefficient (Wildman–Crippen LogP) is 3.07. The van der Waals surface area contributed by atoms with E-state index in [9.17, 15) is 14.9 Å². The molecule has 0 spiro atoms. The first-order valence-electron chi connectivity index (χ1n) is 11.5. The van der Waals surface area contributed by atoms with Gasteiger partial charge in [-0.05, 0) is 40.2 Å². The first-order chi connectivity index (χ1) is 16.6. The lowest BCUT2D eigenvalue weighted by Crippen LogP contribution is -2.41. The fourth-order valence-electron chi connectivity index (χ4n) is 4.32. The highest BCUT2D eigenvalue weighted by molar-refractivity contribution is 7.07. The lowest BCUT2D eigenvalue weighted by Gasteiger charge is -2.24. The number of fused-ring (bicyclic) bond motifs is 1. The van der Waals surface area contributed by atoms with Crippen molar-refractivity contribution in [2.75, 3.05) is 0 Å². The van der Waals surface area contributed by atoms with E-state index >= 15 is 0 Å². The summed E-state index contributed by atoms with van der Waals surface area (Å²) in [5.41, 5.74) is 16.1. The fourth-order valence-corrected chi connectivity index (χ4v) is 5.50. The van der Waals surface area contributed by atoms with Crippen LogP contribution in [-0.4, -0.2) is 10.5 Å². The fraction of sp³-hybridized carbons (Fsp3) is 0.250. The molecule has 6 nitrogen and oxygen atoms in total. The van der Waals surface area contributed by atoms with E-state index in [4.69, 9.17) is 11.5 Å². The van der Waals surface area contributed by atoms with Gasteiger partial charge in [0.2, 0.25) is 5.91 Å². The molecule has 0 saturated carbocycles. The molecule has 7 heteroatoms. The minimum Gasteiger partial charge on any atom is -0.384 e. The molecule has 1 amide bonds. The summed E-state index contributed by atoms with van der Waals surface area (Å²) in [6.45, 7) is 8.42. The maximum Gasteiger partial charge on any atom is 0.274 e. The van der Waals surface area contributed by atoms with Crippen molar-refractivity contribution < 1.29 is 4.79 Å². The van der Waals surface area contributed by atoms with Crippen LogP contribution in [0.1, 0.15) is 67.7 Å². The van der Waals surface area contributed by atoms with Crippen molar-refractivity contribution in [1.29, 1.82) is 5.26 Å². The third-order valence-corrected chi connectivity index (χ3v) is 7.48. The highest BCUT2D eigenvalue weighted by Gasteiger charge is 2.34. The Morgan fingerprint density at radius 3 is 2.06 bits per heavy atom. The standard InChI is InChI=1S/C28H28N4O2S/c1-15(2)18-7-5-17(6-8-18)13-22-27(34)32-25(30)21(14-29)23(24(26(31)33)28(32)35-22)20-11-9-19(10-12-20)16(3)4/h5-13,15-16,23H,30H2,1-4H3,(H2,31,33)/b22-13-. The van der Waals surface area contributed by atoms with Crippen LogP contribution in [-0.2, 0) is 4.79 Å². The summed E-state index contributed by atoms with van der Waals surface area (Å²) in [5.74, 6) is -0.666. The number of hydrogen-bond acceptors (Lipinski definition) is 5. The minimum atomic E-state index is -0.741. The average Bonchev–Trinajstić information content (AvgIpc) is 3.14. The quantitative estimate of drug-likeness (QED) is 0.579.